The summed E-state index contributed by atoms with van der Waals surface area (Å²) in [6.45, 7) is 10.9. The summed E-state index contributed by atoms with van der Waals surface area (Å²) in [6, 6.07) is 10.8. The van der Waals surface area contributed by atoms with Crippen molar-refractivity contribution in [1.29, 1.82) is 0 Å². The number of likely N-dealkylation sites (N-methyl/N-ethyl adjacent to an activating group) is 1. The van der Waals surface area contributed by atoms with Crippen LogP contribution in [-0.4, -0.2) is 62.1 Å². The van der Waals surface area contributed by atoms with Crippen LogP contribution >= 0.6 is 0 Å². The van der Waals surface area contributed by atoms with Crippen LogP contribution in [0.15, 0.2) is 35.3 Å². The maximum atomic E-state index is 4.47. The number of hydrogen-bond acceptors (Lipinski definition) is 2. The lowest BCUT2D eigenvalue weighted by Gasteiger charge is -2.24. The van der Waals surface area contributed by atoms with E-state index in [-0.39, 0.29) is 0 Å². The first-order chi connectivity index (χ1) is 11.3. The van der Waals surface area contributed by atoms with Crippen molar-refractivity contribution in [3.63, 3.8) is 0 Å². The minimum atomic E-state index is 0.735. The van der Waals surface area contributed by atoms with Crippen LogP contribution in [0.2, 0.25) is 0 Å². The molecule has 4 heteroatoms. The number of rotatable bonds is 7. The van der Waals surface area contributed by atoms with Gasteiger partial charge in [-0.25, -0.2) is 0 Å². The van der Waals surface area contributed by atoms with Crippen LogP contribution in [0.5, 0.6) is 0 Å². The summed E-state index contributed by atoms with van der Waals surface area (Å²) in [5, 5.41) is 3.53. The monoisotopic (exact) mass is 316 g/mol. The SMILES string of the molecule is CCN(CC)CCNC(=NC)N1CCC(Cc2ccccc2)C1. The van der Waals surface area contributed by atoms with Gasteiger partial charge in [0.1, 0.15) is 0 Å². The maximum absolute atomic E-state index is 4.47. The summed E-state index contributed by atoms with van der Waals surface area (Å²) in [5.41, 5.74) is 1.45. The molecule has 1 aliphatic rings. The van der Waals surface area contributed by atoms with Crippen molar-refractivity contribution in [3.05, 3.63) is 35.9 Å². The third-order valence-corrected chi connectivity index (χ3v) is 4.77. The molecule has 23 heavy (non-hydrogen) atoms. The molecule has 1 aromatic carbocycles. The van der Waals surface area contributed by atoms with E-state index in [1.54, 1.807) is 0 Å². The highest BCUT2D eigenvalue weighted by molar-refractivity contribution is 5.80. The van der Waals surface area contributed by atoms with Gasteiger partial charge < -0.3 is 15.1 Å². The molecular weight excluding hydrogens is 284 g/mol. The second-order valence-corrected chi connectivity index (χ2v) is 6.29. The van der Waals surface area contributed by atoms with Gasteiger partial charge in [-0.1, -0.05) is 44.2 Å². The highest BCUT2D eigenvalue weighted by atomic mass is 15.3. The Bertz CT molecular complexity index is 468. The number of aliphatic imine (C=N–C) groups is 1. The molecule has 0 bridgehead atoms. The molecule has 4 nitrogen and oxygen atoms in total. The predicted octanol–water partition coefficient (Wildman–Crippen LogP) is 2.47. The standard InChI is InChI=1S/C19H32N4/c1-4-22(5-2)14-12-21-19(20-3)23-13-11-18(16-23)15-17-9-7-6-8-10-17/h6-10,18H,4-5,11-16H2,1-3H3,(H,20,21). The van der Waals surface area contributed by atoms with Gasteiger partial charge in [0.05, 0.1) is 0 Å². The Morgan fingerprint density at radius 1 is 1.26 bits per heavy atom. The summed E-state index contributed by atoms with van der Waals surface area (Å²) in [5.74, 6) is 1.80. The zero-order chi connectivity index (χ0) is 16.5. The molecule has 1 aliphatic heterocycles. The molecule has 128 valence electrons. The van der Waals surface area contributed by atoms with Crippen LogP contribution in [0.3, 0.4) is 0 Å². The molecule has 0 radical (unpaired) electrons. The van der Waals surface area contributed by atoms with Gasteiger partial charge in [-0.3, -0.25) is 4.99 Å². The minimum absolute atomic E-state index is 0.735. The second-order valence-electron chi connectivity index (χ2n) is 6.29. The minimum Gasteiger partial charge on any atom is -0.355 e. The molecule has 0 spiro atoms. The van der Waals surface area contributed by atoms with Crippen LogP contribution in [0.1, 0.15) is 25.8 Å². The van der Waals surface area contributed by atoms with Crippen LogP contribution in [0.25, 0.3) is 0 Å². The maximum Gasteiger partial charge on any atom is 0.193 e. The predicted molar refractivity (Wildman–Crippen MR) is 99.0 cm³/mol. The van der Waals surface area contributed by atoms with Gasteiger partial charge in [0.15, 0.2) is 5.96 Å². The smallest absolute Gasteiger partial charge is 0.193 e. The molecule has 1 N–H and O–H groups in total. The first kappa shape index (κ1) is 17.8. The Kier molecular flexibility index (Phi) is 7.40. The van der Waals surface area contributed by atoms with Crippen LogP contribution < -0.4 is 5.32 Å². The second kappa shape index (κ2) is 9.56. The Morgan fingerprint density at radius 3 is 2.65 bits per heavy atom. The van der Waals surface area contributed by atoms with E-state index >= 15 is 0 Å². The van der Waals surface area contributed by atoms with E-state index in [9.17, 15) is 0 Å². The van der Waals surface area contributed by atoms with Crippen molar-refractivity contribution < 1.29 is 0 Å². The fourth-order valence-electron chi connectivity index (χ4n) is 3.34. The number of guanidine groups is 1. The van der Waals surface area contributed by atoms with E-state index in [1.807, 2.05) is 7.05 Å². The average Bonchev–Trinajstić information content (AvgIpc) is 3.04. The summed E-state index contributed by atoms with van der Waals surface area (Å²) < 4.78 is 0. The molecule has 1 unspecified atom stereocenters. The Balaban J connectivity index is 1.77. The lowest BCUT2D eigenvalue weighted by molar-refractivity contribution is 0.306. The van der Waals surface area contributed by atoms with Gasteiger partial charge in [-0.2, -0.15) is 0 Å². The quantitative estimate of drug-likeness (QED) is 0.619. The van der Waals surface area contributed by atoms with E-state index in [0.717, 1.165) is 51.1 Å². The highest BCUT2D eigenvalue weighted by Crippen LogP contribution is 2.20. The molecule has 1 fully saturated rings. The van der Waals surface area contributed by atoms with E-state index in [4.69, 9.17) is 0 Å². The van der Waals surface area contributed by atoms with E-state index in [0.29, 0.717) is 0 Å². The molecule has 0 aromatic heterocycles. The summed E-state index contributed by atoms with van der Waals surface area (Å²) in [6.07, 6.45) is 2.43. The first-order valence-corrected chi connectivity index (χ1v) is 8.98. The fraction of sp³-hybridized carbons (Fsp3) is 0.632. The Labute approximate surface area is 141 Å². The number of benzene rings is 1. The number of nitrogens with one attached hydrogen (secondary N) is 1. The summed E-state index contributed by atoms with van der Waals surface area (Å²) in [7, 11) is 1.89. The lowest BCUT2D eigenvalue weighted by atomic mass is 9.99. The van der Waals surface area contributed by atoms with Crippen molar-refractivity contribution in [3.8, 4) is 0 Å². The number of hydrogen-bond donors (Lipinski definition) is 1. The molecule has 0 saturated carbocycles. The molecule has 1 saturated heterocycles. The highest BCUT2D eigenvalue weighted by Gasteiger charge is 2.24. The third kappa shape index (κ3) is 5.54. The van der Waals surface area contributed by atoms with Crippen molar-refractivity contribution in [2.45, 2.75) is 26.7 Å². The van der Waals surface area contributed by atoms with E-state index in [1.165, 1.54) is 18.4 Å². The van der Waals surface area contributed by atoms with Gasteiger partial charge in [0.25, 0.3) is 0 Å². The van der Waals surface area contributed by atoms with Crippen LogP contribution in [0, 0.1) is 5.92 Å². The van der Waals surface area contributed by atoms with Crippen molar-refractivity contribution in [2.24, 2.45) is 10.9 Å². The van der Waals surface area contributed by atoms with Gasteiger partial charge in [-0.05, 0) is 37.4 Å². The zero-order valence-electron chi connectivity index (χ0n) is 15.0. The molecule has 0 amide bonds. The molecule has 0 aliphatic carbocycles. The van der Waals surface area contributed by atoms with Crippen molar-refractivity contribution in [1.82, 2.24) is 15.1 Å². The van der Waals surface area contributed by atoms with Crippen LogP contribution in [0.4, 0.5) is 0 Å². The van der Waals surface area contributed by atoms with Crippen molar-refractivity contribution in [2.75, 3.05) is 46.3 Å². The van der Waals surface area contributed by atoms with E-state index in [2.05, 4.69) is 64.3 Å². The van der Waals surface area contributed by atoms with Crippen LogP contribution in [-0.2, 0) is 6.42 Å². The molecule has 1 atom stereocenters. The van der Waals surface area contributed by atoms with E-state index < -0.39 is 0 Å². The normalized spacial score (nSPS) is 18.7. The number of likely N-dealkylation sites (tertiary alicyclic amines) is 1. The lowest BCUT2D eigenvalue weighted by Crippen LogP contribution is -2.43. The zero-order valence-corrected chi connectivity index (χ0v) is 15.0. The first-order valence-electron chi connectivity index (χ1n) is 8.98. The summed E-state index contributed by atoms with van der Waals surface area (Å²) >= 11 is 0. The van der Waals surface area contributed by atoms with Gasteiger partial charge >= 0.3 is 0 Å². The fourth-order valence-corrected chi connectivity index (χ4v) is 3.34. The third-order valence-electron chi connectivity index (χ3n) is 4.77. The van der Waals surface area contributed by atoms with Gasteiger partial charge in [0.2, 0.25) is 0 Å². The van der Waals surface area contributed by atoms with Gasteiger partial charge in [-0.15, -0.1) is 0 Å². The average molecular weight is 316 g/mol. The van der Waals surface area contributed by atoms with Gasteiger partial charge in [0, 0.05) is 33.2 Å². The Morgan fingerprint density at radius 2 is 2.00 bits per heavy atom. The molecular formula is C19H32N4. The van der Waals surface area contributed by atoms with Crippen molar-refractivity contribution >= 4 is 5.96 Å². The topological polar surface area (TPSA) is 30.9 Å². The summed E-state index contributed by atoms with van der Waals surface area (Å²) in [4.78, 5) is 9.32. The molecule has 2 rings (SSSR count). The number of nitrogens with zero attached hydrogens (tertiary/aromatic N) is 3. The largest absolute Gasteiger partial charge is 0.355 e. The Hall–Kier alpha value is -1.55. The molecule has 1 aromatic rings. The molecule has 1 heterocycles.